The van der Waals surface area contributed by atoms with E-state index in [1.165, 1.54) is 186 Å². The number of rotatable bonds is 64. The fourth-order valence-corrected chi connectivity index (χ4v) is 10.4. The molecule has 0 heterocycles. The maximum atomic E-state index is 10.8. The maximum Gasteiger partial charge on any atom is 0.129 e. The first-order valence-electron chi connectivity index (χ1n) is 38.9. The molecule has 8 nitrogen and oxygen atoms in total. The molecule has 0 fully saturated rings. The number of ketones is 3. The summed E-state index contributed by atoms with van der Waals surface area (Å²) in [4.78, 5) is 32.3. The summed E-state index contributed by atoms with van der Waals surface area (Å²) in [7, 11) is 0. The van der Waals surface area contributed by atoms with Crippen LogP contribution in [0.2, 0.25) is 0 Å². The molecule has 0 spiro atoms. The monoisotopic (exact) mass is 1280 g/mol. The van der Waals surface area contributed by atoms with Gasteiger partial charge in [0, 0.05) is 38.7 Å². The summed E-state index contributed by atoms with van der Waals surface area (Å²) < 4.78 is 0. The molecule has 534 valence electrons. The molecule has 0 aliphatic heterocycles. The summed E-state index contributed by atoms with van der Waals surface area (Å²) in [5.74, 6) is 7.24. The van der Waals surface area contributed by atoms with Crippen molar-refractivity contribution in [2.45, 2.75) is 432 Å². The van der Waals surface area contributed by atoms with Crippen LogP contribution < -0.4 is 0 Å². The first-order chi connectivity index (χ1) is 44.3. The number of hydrogen-bond acceptors (Lipinski definition) is 8. The van der Waals surface area contributed by atoms with Gasteiger partial charge >= 0.3 is 0 Å². The van der Waals surface area contributed by atoms with Crippen molar-refractivity contribution in [3.05, 3.63) is 60.8 Å². The Morgan fingerprint density at radius 1 is 0.286 bits per heavy atom. The zero-order chi connectivity index (χ0) is 67.8. The molecule has 0 rings (SSSR count). The standard InChI is InChI=1S/C21H42O2.C21H38O2.C21H36O2.C20H38O2/c3*1-3-4-18-21(23)19-16-14-12-10-8-6-5-7-9-11-13-15-17-20(2)22;1-2-3-17-20(22)18-15-13-11-9-7-5-4-6-8-10-12-14-16-19-21/h21,23H,3-19H2,1-2H3;9,11,16,19,21,23H,3-8,10,12-15,17-18H2,1-2H3;16,19,21,23H,3-8,10,12-15,17-18H2,1-2H3;8,10,15,18,20-22H,2-7,9,11-14,16-17,19H2,1H3/b;11-9-,19-16-;19-16-;10-8-,18-15-/t3*21-;20-/m1111/s1. The number of allylic oxidation sites excluding steroid dienone is 7. The van der Waals surface area contributed by atoms with Crippen LogP contribution in [0.15, 0.2) is 60.8 Å². The lowest BCUT2D eigenvalue weighted by Crippen LogP contribution is -2.05. The van der Waals surface area contributed by atoms with Crippen LogP contribution in [0.4, 0.5) is 0 Å². The molecule has 0 aliphatic rings. The molecule has 0 unspecified atom stereocenters. The second-order valence-electron chi connectivity index (χ2n) is 26.4. The second-order valence-corrected chi connectivity index (χ2v) is 26.4. The Labute approximate surface area is 566 Å². The van der Waals surface area contributed by atoms with E-state index in [2.05, 4.69) is 82.1 Å². The third-order valence-electron chi connectivity index (χ3n) is 16.5. The van der Waals surface area contributed by atoms with E-state index in [0.29, 0.717) is 31.0 Å². The lowest BCUT2D eigenvalue weighted by molar-refractivity contribution is -0.117. The summed E-state index contributed by atoms with van der Waals surface area (Å²) in [5.41, 5.74) is 0. The Hall–Kier alpha value is -2.93. The first kappa shape index (κ1) is 94.5. The quantitative estimate of drug-likeness (QED) is 0.0229. The van der Waals surface area contributed by atoms with Crippen molar-refractivity contribution in [2.24, 2.45) is 0 Å². The molecule has 4 atom stereocenters. The van der Waals surface area contributed by atoms with E-state index in [1.807, 2.05) is 18.2 Å². The van der Waals surface area contributed by atoms with E-state index in [-0.39, 0.29) is 30.2 Å². The van der Waals surface area contributed by atoms with Crippen LogP contribution >= 0.6 is 0 Å². The molecule has 8 heteroatoms. The predicted molar refractivity (Wildman–Crippen MR) is 398 cm³/mol. The molecule has 0 aromatic heterocycles. The van der Waals surface area contributed by atoms with E-state index >= 15 is 0 Å². The van der Waals surface area contributed by atoms with Crippen molar-refractivity contribution in [2.75, 3.05) is 6.61 Å². The minimum absolute atomic E-state index is 0.0506. The largest absolute Gasteiger partial charge is 0.396 e. The van der Waals surface area contributed by atoms with E-state index in [9.17, 15) is 34.8 Å². The molecule has 0 aromatic carbocycles. The molecule has 0 saturated carbocycles. The lowest BCUT2D eigenvalue weighted by Gasteiger charge is -2.09. The van der Waals surface area contributed by atoms with Crippen molar-refractivity contribution in [1.29, 1.82) is 0 Å². The van der Waals surface area contributed by atoms with Crippen LogP contribution in [0.3, 0.4) is 0 Å². The fraction of sp³-hybridized carbons (Fsp3) is 0.819. The third kappa shape index (κ3) is 98.3. The Balaban J connectivity index is -0.000000555. The number of unbranched alkanes of at least 4 members (excludes halogenated alkanes) is 37. The Bertz CT molecular complexity index is 1670. The molecule has 0 amide bonds. The van der Waals surface area contributed by atoms with Gasteiger partial charge in [-0.15, -0.1) is 11.8 Å². The van der Waals surface area contributed by atoms with Crippen molar-refractivity contribution in [3.8, 4) is 11.8 Å². The molecule has 91 heavy (non-hydrogen) atoms. The smallest absolute Gasteiger partial charge is 0.129 e. The topological polar surface area (TPSA) is 152 Å². The normalized spacial score (nSPS) is 12.8. The average Bonchev–Trinajstić information content (AvgIpc) is 3.54. The van der Waals surface area contributed by atoms with Gasteiger partial charge in [-0.1, -0.05) is 268 Å². The molecule has 0 bridgehead atoms. The van der Waals surface area contributed by atoms with Crippen molar-refractivity contribution >= 4 is 17.3 Å². The highest BCUT2D eigenvalue weighted by molar-refractivity contribution is 5.76. The first-order valence-corrected chi connectivity index (χ1v) is 38.9. The summed E-state index contributed by atoms with van der Waals surface area (Å²) in [6.45, 7) is 13.9. The number of aliphatic hydroxyl groups excluding tert-OH is 5. The Morgan fingerprint density at radius 3 is 0.890 bits per heavy atom. The van der Waals surface area contributed by atoms with Crippen LogP contribution in [0.5, 0.6) is 0 Å². The van der Waals surface area contributed by atoms with Crippen LogP contribution in [0.25, 0.3) is 0 Å². The summed E-state index contributed by atoms with van der Waals surface area (Å²) >= 11 is 0. The van der Waals surface area contributed by atoms with E-state index < -0.39 is 0 Å². The van der Waals surface area contributed by atoms with Gasteiger partial charge in [-0.05, 0) is 168 Å². The van der Waals surface area contributed by atoms with Gasteiger partial charge in [-0.3, -0.25) is 0 Å². The molecular weight excluding hydrogens is 1120 g/mol. The molecule has 0 aromatic rings. The molecule has 5 N–H and O–H groups in total. The minimum atomic E-state index is -0.246. The number of Topliss-reactive ketones (excluding diaryl/α,β-unsaturated/α-hetero) is 3. The van der Waals surface area contributed by atoms with Crippen molar-refractivity contribution in [1.82, 2.24) is 0 Å². The molecule has 0 radical (unpaired) electrons. The van der Waals surface area contributed by atoms with Gasteiger partial charge in [0.25, 0.3) is 0 Å². The van der Waals surface area contributed by atoms with E-state index in [0.717, 1.165) is 161 Å². The summed E-state index contributed by atoms with van der Waals surface area (Å²) in [6.07, 6.45) is 84.9. The van der Waals surface area contributed by atoms with Gasteiger partial charge in [0.2, 0.25) is 0 Å². The minimum Gasteiger partial charge on any atom is -0.396 e. The highest BCUT2D eigenvalue weighted by Gasteiger charge is 2.04. The van der Waals surface area contributed by atoms with Gasteiger partial charge in [-0.2, -0.15) is 0 Å². The summed E-state index contributed by atoms with van der Waals surface area (Å²) in [5, 5.41) is 47.4. The zero-order valence-corrected chi connectivity index (χ0v) is 61.3. The SMILES string of the molecule is CCCC[C@@H](O)/C=C\CCCCCCC/C=C\CCCC(C)=O.CCCC[C@@H](O)/C=C\CCCCCCC/C=C\CCCCO.CCCC[C@@H](O)/C=C\CCCCCCCC#CCCCC(C)=O.CCCC[C@@H](O)CCCCCCCCCCCCCCC(C)=O. The van der Waals surface area contributed by atoms with Gasteiger partial charge in [0.15, 0.2) is 0 Å². The lowest BCUT2D eigenvalue weighted by atomic mass is 10.0. The molecular formula is C83H154O8. The van der Waals surface area contributed by atoms with Crippen LogP contribution in [-0.2, 0) is 14.4 Å². The van der Waals surface area contributed by atoms with Gasteiger partial charge in [0.05, 0.1) is 24.4 Å². The highest BCUT2D eigenvalue weighted by atomic mass is 16.3. The van der Waals surface area contributed by atoms with E-state index in [4.69, 9.17) is 5.11 Å². The predicted octanol–water partition coefficient (Wildman–Crippen LogP) is 23.9. The van der Waals surface area contributed by atoms with E-state index in [1.54, 1.807) is 20.8 Å². The van der Waals surface area contributed by atoms with Crippen LogP contribution in [-0.4, -0.2) is 73.9 Å². The van der Waals surface area contributed by atoms with Gasteiger partial charge in [0.1, 0.15) is 17.3 Å². The number of carbonyl (C=O) groups excluding carboxylic acids is 3. The maximum absolute atomic E-state index is 10.8. The Kier molecular flexibility index (Phi) is 88.3. The van der Waals surface area contributed by atoms with Gasteiger partial charge < -0.3 is 39.9 Å². The zero-order valence-electron chi connectivity index (χ0n) is 61.3. The van der Waals surface area contributed by atoms with Crippen LogP contribution in [0.1, 0.15) is 408 Å². The highest BCUT2D eigenvalue weighted by Crippen LogP contribution is 2.17. The third-order valence-corrected chi connectivity index (χ3v) is 16.5. The average molecular weight is 1280 g/mol. The number of aliphatic hydroxyl groups is 5. The van der Waals surface area contributed by atoms with Gasteiger partial charge in [-0.25, -0.2) is 0 Å². The number of hydrogen-bond donors (Lipinski definition) is 5. The van der Waals surface area contributed by atoms with Crippen LogP contribution in [0, 0.1) is 11.8 Å². The second kappa shape index (κ2) is 85.1. The van der Waals surface area contributed by atoms with Crippen molar-refractivity contribution < 1.29 is 39.9 Å². The molecule has 0 saturated heterocycles. The number of carbonyl (C=O) groups is 3. The van der Waals surface area contributed by atoms with Crippen molar-refractivity contribution in [3.63, 3.8) is 0 Å². The Morgan fingerprint density at radius 2 is 0.538 bits per heavy atom. The fourth-order valence-electron chi connectivity index (χ4n) is 10.4. The summed E-state index contributed by atoms with van der Waals surface area (Å²) in [6, 6.07) is 0. The molecule has 0 aliphatic carbocycles.